The number of ether oxygens (including phenoxy) is 2. The monoisotopic (exact) mass is 298 g/mol. The molecular weight excluding hydrogens is 284 g/mol. The largest absolute Gasteiger partial charge is 0.497 e. The van der Waals surface area contributed by atoms with Crippen LogP contribution in [0.2, 0.25) is 0 Å². The van der Waals surface area contributed by atoms with Gasteiger partial charge in [-0.3, -0.25) is 4.79 Å². The number of fused-ring (bicyclic) bond motifs is 1. The highest BCUT2D eigenvalue weighted by Crippen LogP contribution is 2.41. The van der Waals surface area contributed by atoms with Gasteiger partial charge < -0.3 is 14.6 Å². The maximum absolute atomic E-state index is 12.1. The lowest BCUT2D eigenvalue weighted by molar-refractivity contribution is -0.142. The summed E-state index contributed by atoms with van der Waals surface area (Å²) in [5.41, 5.74) is 1.36. The van der Waals surface area contributed by atoms with Crippen molar-refractivity contribution < 1.29 is 24.2 Å². The van der Waals surface area contributed by atoms with Crippen LogP contribution in [0.5, 0.6) is 5.75 Å². The summed E-state index contributed by atoms with van der Waals surface area (Å²) in [4.78, 5) is 23.9. The molecule has 0 spiro atoms. The fraction of sp³-hybridized carbons (Fsp3) is 0.176. The summed E-state index contributed by atoms with van der Waals surface area (Å²) in [5.74, 6) is -1.91. The summed E-state index contributed by atoms with van der Waals surface area (Å²) in [7, 11) is 1.52. The zero-order chi connectivity index (χ0) is 15.7. The quantitative estimate of drug-likeness (QED) is 0.882. The molecule has 2 aromatic carbocycles. The molecule has 0 amide bonds. The highest BCUT2D eigenvalue weighted by molar-refractivity contribution is 5.96. The van der Waals surface area contributed by atoms with E-state index in [1.807, 2.05) is 0 Å². The number of aliphatic carboxylic acids is 1. The molecule has 2 aromatic rings. The molecule has 22 heavy (non-hydrogen) atoms. The van der Waals surface area contributed by atoms with E-state index in [9.17, 15) is 14.7 Å². The number of carbonyl (C=O) groups is 2. The SMILES string of the molecule is COc1cccc([C@@H]2OC(=O)c3ccccc3[C@@H]2C(=O)O)c1. The Morgan fingerprint density at radius 1 is 1.18 bits per heavy atom. The Hall–Kier alpha value is -2.82. The lowest BCUT2D eigenvalue weighted by atomic mass is 9.84. The average Bonchev–Trinajstić information content (AvgIpc) is 2.54. The third-order valence-electron chi connectivity index (χ3n) is 3.74. The van der Waals surface area contributed by atoms with Crippen LogP contribution in [0, 0.1) is 0 Å². The van der Waals surface area contributed by atoms with Crippen LogP contribution in [0.3, 0.4) is 0 Å². The lowest BCUT2D eigenvalue weighted by Gasteiger charge is -2.30. The summed E-state index contributed by atoms with van der Waals surface area (Å²) in [6.07, 6.45) is -0.880. The molecule has 0 aliphatic carbocycles. The van der Waals surface area contributed by atoms with Crippen LogP contribution in [0.15, 0.2) is 48.5 Å². The van der Waals surface area contributed by atoms with Crippen LogP contribution in [-0.4, -0.2) is 24.2 Å². The van der Waals surface area contributed by atoms with Gasteiger partial charge in [-0.2, -0.15) is 0 Å². The zero-order valence-corrected chi connectivity index (χ0v) is 11.9. The number of cyclic esters (lactones) is 1. The molecule has 0 saturated heterocycles. The number of esters is 1. The molecule has 1 aliphatic heterocycles. The van der Waals surface area contributed by atoms with Crippen molar-refractivity contribution in [1.82, 2.24) is 0 Å². The standard InChI is InChI=1S/C17H14O5/c1-21-11-6-4-5-10(9-11)15-14(16(18)19)12-7-2-3-8-13(12)17(20)22-15/h2-9,14-15H,1H3,(H,18,19)/t14-,15-/m0/s1. The number of carboxylic acid groups (broad SMARTS) is 1. The van der Waals surface area contributed by atoms with Gasteiger partial charge >= 0.3 is 11.9 Å². The number of methoxy groups -OCH3 is 1. The molecule has 2 atom stereocenters. The van der Waals surface area contributed by atoms with Crippen molar-refractivity contribution in [1.29, 1.82) is 0 Å². The Balaban J connectivity index is 2.11. The summed E-state index contributed by atoms with van der Waals surface area (Å²) in [6.45, 7) is 0. The van der Waals surface area contributed by atoms with Gasteiger partial charge in [-0.25, -0.2) is 4.79 Å². The first-order chi connectivity index (χ1) is 10.6. The number of hydrogen-bond acceptors (Lipinski definition) is 4. The van der Waals surface area contributed by atoms with E-state index in [1.54, 1.807) is 48.5 Å². The van der Waals surface area contributed by atoms with Crippen LogP contribution in [0.1, 0.15) is 33.5 Å². The summed E-state index contributed by atoms with van der Waals surface area (Å²) < 4.78 is 10.5. The normalized spacial score (nSPS) is 20.0. The number of benzene rings is 2. The second kappa shape index (κ2) is 5.52. The molecule has 0 bridgehead atoms. The van der Waals surface area contributed by atoms with Crippen molar-refractivity contribution in [3.8, 4) is 5.75 Å². The molecule has 112 valence electrons. The van der Waals surface area contributed by atoms with Gasteiger partial charge in [0, 0.05) is 0 Å². The first-order valence-electron chi connectivity index (χ1n) is 6.78. The van der Waals surface area contributed by atoms with Crippen molar-refractivity contribution in [3.05, 3.63) is 65.2 Å². The van der Waals surface area contributed by atoms with E-state index in [1.165, 1.54) is 7.11 Å². The van der Waals surface area contributed by atoms with E-state index >= 15 is 0 Å². The Labute approximate surface area is 127 Å². The minimum atomic E-state index is -1.03. The lowest BCUT2D eigenvalue weighted by Crippen LogP contribution is -2.31. The van der Waals surface area contributed by atoms with Gasteiger partial charge in [0.25, 0.3) is 0 Å². The first-order valence-corrected chi connectivity index (χ1v) is 6.78. The van der Waals surface area contributed by atoms with E-state index in [0.717, 1.165) is 0 Å². The Morgan fingerprint density at radius 2 is 1.95 bits per heavy atom. The first kappa shape index (κ1) is 14.1. The molecule has 0 aromatic heterocycles. The van der Waals surface area contributed by atoms with Crippen LogP contribution in [0.25, 0.3) is 0 Å². The zero-order valence-electron chi connectivity index (χ0n) is 11.9. The van der Waals surface area contributed by atoms with Crippen LogP contribution >= 0.6 is 0 Å². The van der Waals surface area contributed by atoms with Crippen LogP contribution in [-0.2, 0) is 9.53 Å². The number of rotatable bonds is 3. The second-order valence-corrected chi connectivity index (χ2v) is 5.01. The third kappa shape index (κ3) is 2.30. The average molecular weight is 298 g/mol. The van der Waals surface area contributed by atoms with Crippen molar-refractivity contribution in [2.75, 3.05) is 7.11 Å². The van der Waals surface area contributed by atoms with Gasteiger partial charge in [-0.05, 0) is 29.3 Å². The van der Waals surface area contributed by atoms with Crippen molar-refractivity contribution >= 4 is 11.9 Å². The summed E-state index contributed by atoms with van der Waals surface area (Å²) in [6, 6.07) is 13.5. The minimum absolute atomic E-state index is 0.300. The van der Waals surface area contributed by atoms with E-state index in [0.29, 0.717) is 22.4 Å². The minimum Gasteiger partial charge on any atom is -0.497 e. The molecular formula is C17H14O5. The molecule has 0 fully saturated rings. The van der Waals surface area contributed by atoms with Gasteiger partial charge in [-0.15, -0.1) is 0 Å². The topological polar surface area (TPSA) is 72.8 Å². The van der Waals surface area contributed by atoms with Crippen molar-refractivity contribution in [3.63, 3.8) is 0 Å². The number of carboxylic acids is 1. The summed E-state index contributed by atoms with van der Waals surface area (Å²) in [5, 5.41) is 9.61. The predicted octanol–water partition coefficient (Wildman–Crippen LogP) is 2.78. The van der Waals surface area contributed by atoms with E-state index in [4.69, 9.17) is 9.47 Å². The Bertz CT molecular complexity index is 737. The maximum atomic E-state index is 12.1. The van der Waals surface area contributed by atoms with E-state index in [-0.39, 0.29) is 0 Å². The van der Waals surface area contributed by atoms with Gasteiger partial charge in [0.15, 0.2) is 0 Å². The Morgan fingerprint density at radius 3 is 2.68 bits per heavy atom. The smallest absolute Gasteiger partial charge is 0.339 e. The van der Waals surface area contributed by atoms with Gasteiger partial charge in [0.05, 0.1) is 12.7 Å². The molecule has 1 aliphatic rings. The molecule has 3 rings (SSSR count). The highest BCUT2D eigenvalue weighted by Gasteiger charge is 2.41. The van der Waals surface area contributed by atoms with Crippen LogP contribution < -0.4 is 4.74 Å². The molecule has 0 saturated carbocycles. The molecule has 0 radical (unpaired) electrons. The van der Waals surface area contributed by atoms with Crippen LogP contribution in [0.4, 0.5) is 0 Å². The third-order valence-corrected chi connectivity index (χ3v) is 3.74. The fourth-order valence-electron chi connectivity index (χ4n) is 2.71. The number of carbonyl (C=O) groups excluding carboxylic acids is 1. The highest BCUT2D eigenvalue weighted by atomic mass is 16.5. The van der Waals surface area contributed by atoms with Gasteiger partial charge in [-0.1, -0.05) is 30.3 Å². The number of hydrogen-bond donors (Lipinski definition) is 1. The van der Waals surface area contributed by atoms with Crippen molar-refractivity contribution in [2.45, 2.75) is 12.0 Å². The van der Waals surface area contributed by atoms with Gasteiger partial charge in [0.2, 0.25) is 0 Å². The summed E-state index contributed by atoms with van der Waals surface area (Å²) >= 11 is 0. The molecule has 5 nitrogen and oxygen atoms in total. The Kier molecular flexibility index (Phi) is 3.55. The predicted molar refractivity (Wildman–Crippen MR) is 78.0 cm³/mol. The second-order valence-electron chi connectivity index (χ2n) is 5.01. The molecule has 0 unspecified atom stereocenters. The fourth-order valence-corrected chi connectivity index (χ4v) is 2.71. The van der Waals surface area contributed by atoms with Gasteiger partial charge in [0.1, 0.15) is 17.8 Å². The molecule has 1 N–H and O–H groups in total. The van der Waals surface area contributed by atoms with Crippen molar-refractivity contribution in [2.24, 2.45) is 0 Å². The maximum Gasteiger partial charge on any atom is 0.339 e. The van der Waals surface area contributed by atoms with E-state index in [2.05, 4.69) is 0 Å². The molecule has 5 heteroatoms. The molecule has 1 heterocycles. The van der Waals surface area contributed by atoms with E-state index < -0.39 is 24.0 Å².